The first-order valence-corrected chi connectivity index (χ1v) is 5.45. The molecule has 0 fully saturated rings. The van der Waals surface area contributed by atoms with Crippen LogP contribution in [0.25, 0.3) is 0 Å². The van der Waals surface area contributed by atoms with Crippen LogP contribution in [-0.4, -0.2) is 12.1 Å². The molecule has 0 radical (unpaired) electrons. The fourth-order valence-electron chi connectivity index (χ4n) is 0.642. The Bertz CT molecular complexity index is 95.3. The van der Waals surface area contributed by atoms with Crippen molar-refractivity contribution in [3.63, 3.8) is 0 Å². The summed E-state index contributed by atoms with van der Waals surface area (Å²) < 4.78 is 0. The smallest absolute Gasteiger partial charge is 0.0248 e. The summed E-state index contributed by atoms with van der Waals surface area (Å²) in [7, 11) is 0. The third kappa shape index (κ3) is 18.6. The zero-order valence-corrected chi connectivity index (χ0v) is 10.9. The van der Waals surface area contributed by atoms with Gasteiger partial charge in [-0.2, -0.15) is 0 Å². The van der Waals surface area contributed by atoms with Crippen LogP contribution in [0.4, 0.5) is 0 Å². The zero-order valence-electron chi connectivity index (χ0n) is 10.9. The average Bonchev–Trinajstić information content (AvgIpc) is 2.10. The Morgan fingerprint density at radius 1 is 1.00 bits per heavy atom. The van der Waals surface area contributed by atoms with E-state index < -0.39 is 0 Å². The van der Waals surface area contributed by atoms with Crippen LogP contribution in [-0.2, 0) is 0 Å². The van der Waals surface area contributed by atoms with Gasteiger partial charge < -0.3 is 5.32 Å². The zero-order chi connectivity index (χ0) is 11.4. The molecular weight excluding hydrogens is 158 g/mol. The Balaban J connectivity index is -0.000000218. The van der Waals surface area contributed by atoms with Gasteiger partial charge in [0.15, 0.2) is 0 Å². The molecule has 0 saturated heterocycles. The summed E-state index contributed by atoms with van der Waals surface area (Å²) in [6.45, 7) is 20.3. The summed E-state index contributed by atoms with van der Waals surface area (Å²) >= 11 is 0. The second-order valence-electron chi connectivity index (χ2n) is 2.89. The fourth-order valence-corrected chi connectivity index (χ4v) is 0.642. The van der Waals surface area contributed by atoms with Gasteiger partial charge in [0.25, 0.3) is 0 Å². The second kappa shape index (κ2) is 14.2. The van der Waals surface area contributed by atoms with E-state index in [0.29, 0.717) is 12.1 Å². The Labute approximate surface area is 85.6 Å². The summed E-state index contributed by atoms with van der Waals surface area (Å²) in [5.74, 6) is 0. The van der Waals surface area contributed by atoms with Crippen LogP contribution < -0.4 is 5.32 Å². The molecule has 0 heterocycles. The van der Waals surface area contributed by atoms with Gasteiger partial charge in [-0.25, -0.2) is 0 Å². The Hall–Kier alpha value is -0.300. The molecule has 0 aromatic rings. The van der Waals surface area contributed by atoms with Gasteiger partial charge in [0, 0.05) is 12.1 Å². The lowest BCUT2D eigenvalue weighted by molar-refractivity contribution is 0.534. The molecule has 13 heavy (non-hydrogen) atoms. The molecule has 0 aliphatic carbocycles. The molecule has 0 rings (SSSR count). The van der Waals surface area contributed by atoms with Gasteiger partial charge >= 0.3 is 0 Å². The van der Waals surface area contributed by atoms with Crippen LogP contribution in [0, 0.1) is 0 Å². The highest BCUT2D eigenvalue weighted by Gasteiger charge is 2.01. The molecular formula is C12H29N. The van der Waals surface area contributed by atoms with Crippen molar-refractivity contribution in [1.29, 1.82) is 0 Å². The van der Waals surface area contributed by atoms with E-state index in [1.807, 2.05) is 34.6 Å². The van der Waals surface area contributed by atoms with Crippen molar-refractivity contribution in [3.05, 3.63) is 12.2 Å². The molecule has 0 saturated carbocycles. The largest absolute Gasteiger partial charge is 0.308 e. The molecule has 1 nitrogen and oxygen atoms in total. The van der Waals surface area contributed by atoms with Crippen LogP contribution in [0.5, 0.6) is 0 Å². The number of nitrogens with one attached hydrogen (secondary N) is 1. The average molecular weight is 187 g/mol. The van der Waals surface area contributed by atoms with Gasteiger partial charge in [0.2, 0.25) is 0 Å². The highest BCUT2D eigenvalue weighted by molar-refractivity contribution is 4.99. The minimum Gasteiger partial charge on any atom is -0.308 e. The van der Waals surface area contributed by atoms with E-state index in [4.69, 9.17) is 0 Å². The Kier molecular flexibility index (Phi) is 20.2. The van der Waals surface area contributed by atoms with Crippen LogP contribution in [0.3, 0.4) is 0 Å². The van der Waals surface area contributed by atoms with E-state index in [-0.39, 0.29) is 0 Å². The topological polar surface area (TPSA) is 12.0 Å². The van der Waals surface area contributed by atoms with Crippen LogP contribution in [0.2, 0.25) is 0 Å². The lowest BCUT2D eigenvalue weighted by atomic mass is 10.1. The predicted molar refractivity (Wildman–Crippen MR) is 65.2 cm³/mol. The molecule has 0 aliphatic heterocycles. The second-order valence-corrected chi connectivity index (χ2v) is 2.89. The Morgan fingerprint density at radius 2 is 1.31 bits per heavy atom. The molecule has 0 spiro atoms. The summed E-state index contributed by atoms with van der Waals surface area (Å²) in [4.78, 5) is 0. The van der Waals surface area contributed by atoms with Crippen molar-refractivity contribution in [1.82, 2.24) is 5.32 Å². The van der Waals surface area contributed by atoms with Crippen LogP contribution in [0.1, 0.15) is 55.4 Å². The molecule has 1 N–H and O–H groups in total. The summed E-state index contributed by atoms with van der Waals surface area (Å²) in [5.41, 5.74) is 1.20. The van der Waals surface area contributed by atoms with Gasteiger partial charge in [-0.3, -0.25) is 0 Å². The summed E-state index contributed by atoms with van der Waals surface area (Å²) in [6, 6.07) is 1.00. The van der Waals surface area contributed by atoms with Crippen LogP contribution >= 0.6 is 0 Å². The van der Waals surface area contributed by atoms with Crippen molar-refractivity contribution in [2.24, 2.45) is 0 Å². The van der Waals surface area contributed by atoms with E-state index in [2.05, 4.69) is 32.7 Å². The van der Waals surface area contributed by atoms with Crippen molar-refractivity contribution in [2.75, 3.05) is 0 Å². The SMILES string of the molecule is C=C(C)C(C)NC(C)C.CC.CC. The first-order valence-electron chi connectivity index (χ1n) is 5.45. The molecule has 0 aromatic carbocycles. The normalized spacial score (nSPS) is 10.5. The minimum atomic E-state index is 0.449. The van der Waals surface area contributed by atoms with Gasteiger partial charge in [0.1, 0.15) is 0 Å². The highest BCUT2D eigenvalue weighted by atomic mass is 14.9. The molecule has 0 bridgehead atoms. The molecule has 82 valence electrons. The van der Waals surface area contributed by atoms with E-state index in [0.717, 1.165) is 0 Å². The number of rotatable bonds is 3. The number of hydrogen-bond donors (Lipinski definition) is 1. The lowest BCUT2D eigenvalue weighted by Crippen LogP contribution is -2.32. The van der Waals surface area contributed by atoms with Crippen molar-refractivity contribution in [2.45, 2.75) is 67.5 Å². The summed E-state index contributed by atoms with van der Waals surface area (Å²) in [6.07, 6.45) is 0. The van der Waals surface area contributed by atoms with Crippen molar-refractivity contribution >= 4 is 0 Å². The minimum absolute atomic E-state index is 0.449. The van der Waals surface area contributed by atoms with E-state index >= 15 is 0 Å². The van der Waals surface area contributed by atoms with Gasteiger partial charge in [0.05, 0.1) is 0 Å². The van der Waals surface area contributed by atoms with Gasteiger partial charge in [-0.05, 0) is 13.8 Å². The molecule has 1 unspecified atom stereocenters. The van der Waals surface area contributed by atoms with E-state index in [9.17, 15) is 0 Å². The maximum absolute atomic E-state index is 3.85. The highest BCUT2D eigenvalue weighted by Crippen LogP contribution is 1.96. The fraction of sp³-hybridized carbons (Fsp3) is 0.833. The predicted octanol–water partition coefficient (Wildman–Crippen LogP) is 4.00. The summed E-state index contributed by atoms with van der Waals surface area (Å²) in [5, 5.41) is 3.34. The molecule has 1 atom stereocenters. The number of hydrogen-bond acceptors (Lipinski definition) is 1. The van der Waals surface area contributed by atoms with Gasteiger partial charge in [-0.15, -0.1) is 0 Å². The first kappa shape index (κ1) is 18.5. The first-order chi connectivity index (χ1) is 6.04. The maximum atomic E-state index is 3.85. The molecule has 1 heteroatoms. The standard InChI is InChI=1S/C8H17N.2C2H6/c1-6(2)8(5)9-7(3)4;2*1-2/h7-9H,1H2,2-5H3;2*1-2H3. The Morgan fingerprint density at radius 3 is 1.38 bits per heavy atom. The quantitative estimate of drug-likeness (QED) is 0.658. The van der Waals surface area contributed by atoms with Gasteiger partial charge in [-0.1, -0.05) is 53.7 Å². The molecule has 0 aromatic heterocycles. The third-order valence-electron chi connectivity index (χ3n) is 1.32. The maximum Gasteiger partial charge on any atom is 0.0248 e. The van der Waals surface area contributed by atoms with E-state index in [1.165, 1.54) is 5.57 Å². The molecule has 0 amide bonds. The monoisotopic (exact) mass is 187 g/mol. The van der Waals surface area contributed by atoms with E-state index in [1.54, 1.807) is 0 Å². The third-order valence-corrected chi connectivity index (χ3v) is 1.32. The van der Waals surface area contributed by atoms with Crippen LogP contribution in [0.15, 0.2) is 12.2 Å². The van der Waals surface area contributed by atoms with Crippen molar-refractivity contribution in [3.8, 4) is 0 Å². The lowest BCUT2D eigenvalue weighted by Gasteiger charge is -2.15. The molecule has 0 aliphatic rings. The van der Waals surface area contributed by atoms with Crippen molar-refractivity contribution < 1.29 is 0 Å².